The van der Waals surface area contributed by atoms with Crippen LogP contribution in [0, 0.1) is 23.2 Å². The Hall–Kier alpha value is -1.64. The standard InChI is InChI=1S/C20H24N2O/c23-19(20-11-14-8-15(12-20)10-16(9-14)13-20)22-18(6-7-21-22)17-4-2-1-3-5-17/h1-5,7,14-16,18H,6,8-13H2. The van der Waals surface area contributed by atoms with E-state index in [1.54, 1.807) is 0 Å². The third kappa shape index (κ3) is 2.09. The SMILES string of the molecule is O=C(N1N=CCC1c1ccccc1)C12CC3CC(CC(C3)C1)C2. The normalized spacial score (nSPS) is 40.8. The van der Waals surface area contributed by atoms with Gasteiger partial charge in [0.05, 0.1) is 11.5 Å². The van der Waals surface area contributed by atoms with Crippen LogP contribution in [0.15, 0.2) is 35.4 Å². The van der Waals surface area contributed by atoms with Crippen LogP contribution in [-0.2, 0) is 4.79 Å². The number of benzene rings is 1. The third-order valence-corrected chi connectivity index (χ3v) is 6.71. The number of hydrazone groups is 1. The van der Waals surface area contributed by atoms with Gasteiger partial charge < -0.3 is 0 Å². The van der Waals surface area contributed by atoms with Crippen molar-refractivity contribution in [3.63, 3.8) is 0 Å². The molecule has 4 saturated carbocycles. The average Bonchev–Trinajstić information content (AvgIpc) is 3.03. The van der Waals surface area contributed by atoms with Crippen molar-refractivity contribution in [3.8, 4) is 0 Å². The Bertz CT molecular complexity index is 616. The van der Waals surface area contributed by atoms with E-state index in [4.69, 9.17) is 0 Å². The van der Waals surface area contributed by atoms with Crippen LogP contribution in [-0.4, -0.2) is 17.1 Å². The third-order valence-electron chi connectivity index (χ3n) is 6.71. The van der Waals surface area contributed by atoms with Gasteiger partial charge in [-0.15, -0.1) is 0 Å². The molecule has 1 amide bonds. The molecule has 5 aliphatic rings. The fourth-order valence-corrected chi connectivity index (χ4v) is 6.18. The number of carbonyl (C=O) groups excluding carboxylic acids is 1. The summed E-state index contributed by atoms with van der Waals surface area (Å²) < 4.78 is 0. The van der Waals surface area contributed by atoms with Gasteiger partial charge in [-0.3, -0.25) is 4.79 Å². The molecule has 1 aliphatic heterocycles. The molecule has 120 valence electrons. The first-order valence-electron chi connectivity index (χ1n) is 9.14. The van der Waals surface area contributed by atoms with E-state index in [2.05, 4.69) is 29.4 Å². The minimum Gasteiger partial charge on any atom is -0.272 e. The van der Waals surface area contributed by atoms with E-state index < -0.39 is 0 Å². The maximum atomic E-state index is 13.5. The summed E-state index contributed by atoms with van der Waals surface area (Å²) in [5.41, 5.74) is 1.12. The second kappa shape index (κ2) is 4.93. The topological polar surface area (TPSA) is 32.7 Å². The Kier molecular flexibility index (Phi) is 2.95. The van der Waals surface area contributed by atoms with Gasteiger partial charge in [-0.25, -0.2) is 5.01 Å². The Morgan fingerprint density at radius 3 is 2.22 bits per heavy atom. The summed E-state index contributed by atoms with van der Waals surface area (Å²) in [6.45, 7) is 0. The van der Waals surface area contributed by atoms with Gasteiger partial charge in [0.15, 0.2) is 0 Å². The van der Waals surface area contributed by atoms with Crippen molar-refractivity contribution in [1.82, 2.24) is 5.01 Å². The lowest BCUT2D eigenvalue weighted by Crippen LogP contribution is -2.53. The highest BCUT2D eigenvalue weighted by Crippen LogP contribution is 2.61. The maximum Gasteiger partial charge on any atom is 0.249 e. The summed E-state index contributed by atoms with van der Waals surface area (Å²) in [6.07, 6.45) is 10.2. The fourth-order valence-electron chi connectivity index (χ4n) is 6.18. The van der Waals surface area contributed by atoms with Crippen LogP contribution in [0.2, 0.25) is 0 Å². The summed E-state index contributed by atoms with van der Waals surface area (Å²) in [6, 6.07) is 10.5. The Morgan fingerprint density at radius 2 is 1.61 bits per heavy atom. The minimum atomic E-state index is -0.0938. The molecular formula is C20H24N2O. The van der Waals surface area contributed by atoms with Crippen molar-refractivity contribution >= 4 is 12.1 Å². The number of rotatable bonds is 2. The highest BCUT2D eigenvalue weighted by Gasteiger charge is 2.56. The molecule has 1 atom stereocenters. The molecule has 23 heavy (non-hydrogen) atoms. The van der Waals surface area contributed by atoms with Gasteiger partial charge in [-0.05, 0) is 61.8 Å². The first-order valence-corrected chi connectivity index (χ1v) is 9.14. The van der Waals surface area contributed by atoms with Crippen LogP contribution in [0.1, 0.15) is 56.6 Å². The molecule has 4 fully saturated rings. The van der Waals surface area contributed by atoms with Crippen molar-refractivity contribution in [2.45, 2.75) is 51.0 Å². The predicted molar refractivity (Wildman–Crippen MR) is 89.7 cm³/mol. The van der Waals surface area contributed by atoms with Gasteiger partial charge in [0.2, 0.25) is 5.91 Å². The number of hydrogen-bond acceptors (Lipinski definition) is 2. The lowest BCUT2D eigenvalue weighted by atomic mass is 9.49. The zero-order valence-corrected chi connectivity index (χ0v) is 13.5. The highest BCUT2D eigenvalue weighted by molar-refractivity contribution is 5.85. The molecular weight excluding hydrogens is 284 g/mol. The van der Waals surface area contributed by atoms with Crippen molar-refractivity contribution in [1.29, 1.82) is 0 Å². The van der Waals surface area contributed by atoms with Crippen molar-refractivity contribution < 1.29 is 4.79 Å². The van der Waals surface area contributed by atoms with Gasteiger partial charge >= 0.3 is 0 Å². The minimum absolute atomic E-state index is 0.0938. The molecule has 0 aromatic heterocycles. The van der Waals surface area contributed by atoms with Gasteiger partial charge in [-0.1, -0.05) is 30.3 Å². The monoisotopic (exact) mass is 308 g/mol. The number of carbonyl (C=O) groups is 1. The molecule has 0 radical (unpaired) electrons. The van der Waals surface area contributed by atoms with Crippen molar-refractivity contribution in [2.75, 3.05) is 0 Å². The van der Waals surface area contributed by atoms with Gasteiger partial charge in [0, 0.05) is 12.6 Å². The summed E-state index contributed by atoms with van der Waals surface area (Å²) in [4.78, 5) is 13.5. The number of nitrogens with zero attached hydrogens (tertiary/aromatic N) is 2. The number of amides is 1. The van der Waals surface area contributed by atoms with Gasteiger partial charge in [-0.2, -0.15) is 5.10 Å². The summed E-state index contributed by atoms with van der Waals surface area (Å²) in [5.74, 6) is 2.71. The summed E-state index contributed by atoms with van der Waals surface area (Å²) in [5, 5.41) is 6.35. The molecule has 0 saturated heterocycles. The molecule has 6 rings (SSSR count). The molecule has 1 unspecified atom stereocenters. The lowest BCUT2D eigenvalue weighted by molar-refractivity contribution is -0.159. The van der Waals surface area contributed by atoms with Gasteiger partial charge in [0.1, 0.15) is 0 Å². The molecule has 0 spiro atoms. The Morgan fingerprint density at radius 1 is 1.00 bits per heavy atom. The Labute approximate surface area is 137 Å². The molecule has 4 bridgehead atoms. The smallest absolute Gasteiger partial charge is 0.249 e. The number of hydrogen-bond donors (Lipinski definition) is 0. The van der Waals surface area contributed by atoms with Crippen LogP contribution in [0.4, 0.5) is 0 Å². The van der Waals surface area contributed by atoms with Crippen molar-refractivity contribution in [3.05, 3.63) is 35.9 Å². The van der Waals surface area contributed by atoms with E-state index in [1.165, 1.54) is 24.8 Å². The Balaban J connectivity index is 1.45. The fraction of sp³-hybridized carbons (Fsp3) is 0.600. The molecule has 3 nitrogen and oxygen atoms in total. The second-order valence-corrected chi connectivity index (χ2v) is 8.31. The quantitative estimate of drug-likeness (QED) is 0.807. The summed E-state index contributed by atoms with van der Waals surface area (Å²) in [7, 11) is 0. The van der Waals surface area contributed by atoms with Crippen LogP contribution in [0.5, 0.6) is 0 Å². The molecule has 0 N–H and O–H groups in total. The average molecular weight is 308 g/mol. The van der Waals surface area contributed by atoms with Gasteiger partial charge in [0.25, 0.3) is 0 Å². The van der Waals surface area contributed by atoms with E-state index in [9.17, 15) is 4.79 Å². The van der Waals surface area contributed by atoms with Crippen LogP contribution in [0.3, 0.4) is 0 Å². The molecule has 3 heteroatoms. The van der Waals surface area contributed by atoms with E-state index in [0.717, 1.165) is 43.4 Å². The zero-order valence-electron chi connectivity index (χ0n) is 13.5. The molecule has 1 heterocycles. The second-order valence-electron chi connectivity index (χ2n) is 8.31. The zero-order chi connectivity index (χ0) is 15.4. The van der Waals surface area contributed by atoms with E-state index in [0.29, 0.717) is 5.91 Å². The van der Waals surface area contributed by atoms with Crippen molar-refractivity contribution in [2.24, 2.45) is 28.3 Å². The van der Waals surface area contributed by atoms with Crippen LogP contribution >= 0.6 is 0 Å². The molecule has 1 aromatic rings. The maximum absolute atomic E-state index is 13.5. The van der Waals surface area contributed by atoms with Crippen LogP contribution < -0.4 is 0 Å². The largest absolute Gasteiger partial charge is 0.272 e. The summed E-state index contributed by atoms with van der Waals surface area (Å²) >= 11 is 0. The first-order chi connectivity index (χ1) is 11.2. The molecule has 1 aromatic carbocycles. The lowest BCUT2D eigenvalue weighted by Gasteiger charge is -2.56. The van der Waals surface area contributed by atoms with E-state index in [-0.39, 0.29) is 11.5 Å². The van der Waals surface area contributed by atoms with E-state index >= 15 is 0 Å². The molecule has 4 aliphatic carbocycles. The predicted octanol–water partition coefficient (Wildman–Crippen LogP) is 4.16. The van der Waals surface area contributed by atoms with Crippen LogP contribution in [0.25, 0.3) is 0 Å². The van der Waals surface area contributed by atoms with E-state index in [1.807, 2.05) is 17.3 Å². The first kappa shape index (κ1) is 13.8. The highest BCUT2D eigenvalue weighted by atomic mass is 16.2.